The van der Waals surface area contributed by atoms with Crippen molar-refractivity contribution in [3.8, 4) is 0 Å². The number of rotatable bonds is 4. The zero-order chi connectivity index (χ0) is 14.8. The number of nitrogens with zero attached hydrogens (tertiary/aromatic N) is 2. The summed E-state index contributed by atoms with van der Waals surface area (Å²) in [5.41, 5.74) is -1.16. The molecular formula is C12H17F3N2O2. The van der Waals surface area contributed by atoms with Crippen molar-refractivity contribution in [3.05, 3.63) is 24.0 Å². The van der Waals surface area contributed by atoms with Crippen molar-refractivity contribution in [2.75, 3.05) is 13.6 Å². The molecule has 0 aliphatic heterocycles. The van der Waals surface area contributed by atoms with Crippen LogP contribution in [0.5, 0.6) is 0 Å². The van der Waals surface area contributed by atoms with Crippen LogP contribution in [0.4, 0.5) is 13.2 Å². The molecule has 0 aromatic carbocycles. The monoisotopic (exact) mass is 278 g/mol. The van der Waals surface area contributed by atoms with Gasteiger partial charge < -0.3 is 14.6 Å². The highest BCUT2D eigenvalue weighted by atomic mass is 19.4. The Balaban J connectivity index is 2.86. The van der Waals surface area contributed by atoms with E-state index in [1.165, 1.54) is 44.1 Å². The molecule has 1 N–H and O–H groups in total. The lowest BCUT2D eigenvalue weighted by molar-refractivity contribution is -0.140. The smallest absolute Gasteiger partial charge is 0.389 e. The van der Waals surface area contributed by atoms with Gasteiger partial charge in [0.2, 0.25) is 0 Å². The van der Waals surface area contributed by atoms with E-state index in [2.05, 4.69) is 0 Å². The van der Waals surface area contributed by atoms with Gasteiger partial charge in [-0.3, -0.25) is 4.79 Å². The van der Waals surface area contributed by atoms with Crippen LogP contribution >= 0.6 is 0 Å². The minimum absolute atomic E-state index is 0.0308. The largest absolute Gasteiger partial charge is 0.406 e. The summed E-state index contributed by atoms with van der Waals surface area (Å²) in [7, 11) is 1.44. The highest BCUT2D eigenvalue weighted by molar-refractivity contribution is 5.92. The van der Waals surface area contributed by atoms with E-state index >= 15 is 0 Å². The van der Waals surface area contributed by atoms with Crippen LogP contribution in [-0.4, -0.2) is 45.9 Å². The van der Waals surface area contributed by atoms with Crippen LogP contribution in [0.2, 0.25) is 0 Å². The molecule has 0 unspecified atom stereocenters. The molecule has 7 heteroatoms. The molecule has 1 rings (SSSR count). The Morgan fingerprint density at radius 2 is 2.00 bits per heavy atom. The molecule has 0 bridgehead atoms. The van der Waals surface area contributed by atoms with E-state index in [-0.39, 0.29) is 12.2 Å². The number of alkyl halides is 3. The summed E-state index contributed by atoms with van der Waals surface area (Å²) in [5, 5.41) is 9.61. The Hall–Kier alpha value is -1.50. The molecule has 108 valence electrons. The predicted octanol–water partition coefficient (Wildman–Crippen LogP) is 1.89. The topological polar surface area (TPSA) is 45.5 Å². The number of amides is 1. The quantitative estimate of drug-likeness (QED) is 0.914. The van der Waals surface area contributed by atoms with Crippen LogP contribution in [0.15, 0.2) is 18.3 Å². The minimum atomic E-state index is -4.39. The zero-order valence-corrected chi connectivity index (χ0v) is 11.0. The highest BCUT2D eigenvalue weighted by Gasteiger charge is 2.30. The molecule has 0 radical (unpaired) electrons. The van der Waals surface area contributed by atoms with Gasteiger partial charge in [-0.05, 0) is 26.0 Å². The van der Waals surface area contributed by atoms with Crippen LogP contribution in [0.25, 0.3) is 0 Å². The molecule has 0 saturated carbocycles. The van der Waals surface area contributed by atoms with Crippen LogP contribution in [-0.2, 0) is 6.54 Å². The predicted molar refractivity (Wildman–Crippen MR) is 63.7 cm³/mol. The van der Waals surface area contributed by atoms with Gasteiger partial charge in [-0.15, -0.1) is 0 Å². The fourth-order valence-corrected chi connectivity index (χ4v) is 1.79. The fourth-order valence-electron chi connectivity index (χ4n) is 1.79. The van der Waals surface area contributed by atoms with E-state index in [1.54, 1.807) is 0 Å². The van der Waals surface area contributed by atoms with Gasteiger partial charge in [0.1, 0.15) is 12.2 Å². The normalized spacial score (nSPS) is 12.6. The second-order valence-corrected chi connectivity index (χ2v) is 5.11. The Labute approximate surface area is 109 Å². The molecule has 0 atom stereocenters. The second kappa shape index (κ2) is 5.24. The summed E-state index contributed by atoms with van der Waals surface area (Å²) in [6.45, 7) is 1.86. The number of hydrogen-bond acceptors (Lipinski definition) is 2. The van der Waals surface area contributed by atoms with E-state index < -0.39 is 24.2 Å². The van der Waals surface area contributed by atoms with Crippen molar-refractivity contribution in [1.82, 2.24) is 9.47 Å². The van der Waals surface area contributed by atoms with Crippen LogP contribution in [0.3, 0.4) is 0 Å². The van der Waals surface area contributed by atoms with Gasteiger partial charge in [0.15, 0.2) is 0 Å². The van der Waals surface area contributed by atoms with Gasteiger partial charge >= 0.3 is 6.18 Å². The third-order valence-corrected chi connectivity index (χ3v) is 2.37. The molecule has 0 spiro atoms. The standard InChI is InChI=1S/C12H17F3N2O2/c1-11(2,19)7-16(3)10(18)9-5-4-6-17(9)8-12(13,14)15/h4-6,19H,7-8H2,1-3H3. The Morgan fingerprint density at radius 1 is 1.42 bits per heavy atom. The fraction of sp³-hybridized carbons (Fsp3) is 0.583. The number of halogens is 3. The second-order valence-electron chi connectivity index (χ2n) is 5.11. The summed E-state index contributed by atoms with van der Waals surface area (Å²) in [6.07, 6.45) is -3.18. The maximum atomic E-state index is 12.3. The van der Waals surface area contributed by atoms with E-state index in [0.29, 0.717) is 0 Å². The summed E-state index contributed by atoms with van der Waals surface area (Å²) >= 11 is 0. The third kappa shape index (κ3) is 4.94. The first-order valence-electron chi connectivity index (χ1n) is 5.69. The van der Waals surface area contributed by atoms with Gasteiger partial charge in [-0.2, -0.15) is 13.2 Å². The molecule has 0 aliphatic rings. The maximum Gasteiger partial charge on any atom is 0.406 e. The Bertz CT molecular complexity index is 447. The lowest BCUT2D eigenvalue weighted by Gasteiger charge is -2.26. The summed E-state index contributed by atoms with van der Waals surface area (Å²) in [4.78, 5) is 13.2. The van der Waals surface area contributed by atoms with E-state index in [4.69, 9.17) is 0 Å². The first-order valence-corrected chi connectivity index (χ1v) is 5.69. The maximum absolute atomic E-state index is 12.3. The number of aromatic nitrogens is 1. The lowest BCUT2D eigenvalue weighted by atomic mass is 10.1. The molecule has 1 heterocycles. The van der Waals surface area contributed by atoms with Crippen LogP contribution in [0.1, 0.15) is 24.3 Å². The first kappa shape index (κ1) is 15.6. The van der Waals surface area contributed by atoms with Crippen molar-refractivity contribution < 1.29 is 23.1 Å². The molecule has 0 aliphatic carbocycles. The Morgan fingerprint density at radius 3 is 2.47 bits per heavy atom. The summed E-state index contributed by atoms with van der Waals surface area (Å²) < 4.78 is 37.9. The number of carbonyl (C=O) groups is 1. The lowest BCUT2D eigenvalue weighted by Crippen LogP contribution is -2.40. The van der Waals surface area contributed by atoms with E-state index in [0.717, 1.165) is 4.57 Å². The van der Waals surface area contributed by atoms with Gasteiger partial charge in [0.25, 0.3) is 5.91 Å². The Kier molecular flexibility index (Phi) is 4.29. The van der Waals surface area contributed by atoms with Crippen LogP contribution in [0, 0.1) is 0 Å². The average Bonchev–Trinajstić information content (AvgIpc) is 2.59. The number of hydrogen-bond donors (Lipinski definition) is 1. The van der Waals surface area contributed by atoms with Gasteiger partial charge in [0.05, 0.1) is 5.60 Å². The van der Waals surface area contributed by atoms with E-state index in [1.807, 2.05) is 0 Å². The van der Waals surface area contributed by atoms with Gasteiger partial charge in [0, 0.05) is 19.8 Å². The number of likely N-dealkylation sites (N-methyl/N-ethyl adjacent to an activating group) is 1. The average molecular weight is 278 g/mol. The van der Waals surface area contributed by atoms with Gasteiger partial charge in [-0.1, -0.05) is 0 Å². The zero-order valence-electron chi connectivity index (χ0n) is 11.0. The molecule has 0 saturated heterocycles. The molecule has 19 heavy (non-hydrogen) atoms. The van der Waals surface area contributed by atoms with Crippen molar-refractivity contribution >= 4 is 5.91 Å². The van der Waals surface area contributed by atoms with Crippen molar-refractivity contribution in [2.24, 2.45) is 0 Å². The summed E-state index contributed by atoms with van der Waals surface area (Å²) in [5.74, 6) is -0.559. The molecule has 1 amide bonds. The van der Waals surface area contributed by atoms with E-state index in [9.17, 15) is 23.1 Å². The third-order valence-electron chi connectivity index (χ3n) is 2.37. The molecule has 4 nitrogen and oxygen atoms in total. The highest BCUT2D eigenvalue weighted by Crippen LogP contribution is 2.19. The van der Waals surface area contributed by atoms with Crippen molar-refractivity contribution in [3.63, 3.8) is 0 Å². The first-order chi connectivity index (χ1) is 8.49. The summed E-state index contributed by atoms with van der Waals surface area (Å²) in [6, 6.07) is 2.71. The number of carbonyl (C=O) groups excluding carboxylic acids is 1. The van der Waals surface area contributed by atoms with Crippen molar-refractivity contribution in [2.45, 2.75) is 32.2 Å². The molecule has 1 aromatic rings. The SMILES string of the molecule is CN(CC(C)(C)O)C(=O)c1cccn1CC(F)(F)F. The van der Waals surface area contributed by atoms with Gasteiger partial charge in [-0.25, -0.2) is 0 Å². The number of aliphatic hydroxyl groups is 1. The minimum Gasteiger partial charge on any atom is -0.389 e. The molecule has 0 fully saturated rings. The van der Waals surface area contributed by atoms with Crippen LogP contribution < -0.4 is 0 Å². The van der Waals surface area contributed by atoms with Crippen molar-refractivity contribution in [1.29, 1.82) is 0 Å². The molecular weight excluding hydrogens is 261 g/mol. The molecule has 1 aromatic heterocycles.